The fourth-order valence-corrected chi connectivity index (χ4v) is 4.64. The van der Waals surface area contributed by atoms with E-state index in [2.05, 4.69) is 48.5 Å². The van der Waals surface area contributed by atoms with Crippen LogP contribution in [-0.4, -0.2) is 0 Å². The highest BCUT2D eigenvalue weighted by atomic mass is 19.1. The van der Waals surface area contributed by atoms with Crippen molar-refractivity contribution in [3.63, 3.8) is 0 Å². The molecule has 5 aromatic carbocycles. The maximum atomic E-state index is 13.6. The Balaban J connectivity index is 1.57. The average molecular weight is 447 g/mol. The molecule has 0 radical (unpaired) electrons. The summed E-state index contributed by atoms with van der Waals surface area (Å²) in [5.41, 5.74) is 6.65. The van der Waals surface area contributed by atoms with Gasteiger partial charge in [-0.15, -0.1) is 0 Å². The summed E-state index contributed by atoms with van der Waals surface area (Å²) in [6.45, 7) is 0. The van der Waals surface area contributed by atoms with Crippen LogP contribution in [0.4, 0.5) is 8.78 Å². The van der Waals surface area contributed by atoms with Crippen LogP contribution in [0, 0.1) is 11.6 Å². The van der Waals surface area contributed by atoms with Crippen molar-refractivity contribution in [2.24, 2.45) is 0 Å². The van der Waals surface area contributed by atoms with Gasteiger partial charge in [0.2, 0.25) is 0 Å². The lowest BCUT2D eigenvalue weighted by Gasteiger charge is -2.22. The molecule has 34 heavy (non-hydrogen) atoms. The van der Waals surface area contributed by atoms with E-state index in [9.17, 15) is 8.78 Å². The number of rotatable bonds is 6. The largest absolute Gasteiger partial charge is 0.207 e. The van der Waals surface area contributed by atoms with Gasteiger partial charge < -0.3 is 0 Å². The smallest absolute Gasteiger partial charge is 0.123 e. The van der Waals surface area contributed by atoms with Crippen molar-refractivity contribution in [2.75, 3.05) is 0 Å². The molecule has 0 N–H and O–H groups in total. The quantitative estimate of drug-likeness (QED) is 0.230. The molecule has 0 bridgehead atoms. The fourth-order valence-electron chi connectivity index (χ4n) is 4.64. The van der Waals surface area contributed by atoms with E-state index in [0.29, 0.717) is 0 Å². The first kappa shape index (κ1) is 21.8. The fraction of sp³-hybridized carbons (Fsp3) is 0.0625. The second-order valence-electron chi connectivity index (χ2n) is 8.46. The molecular formula is C32H24F2. The van der Waals surface area contributed by atoms with Crippen LogP contribution in [0.2, 0.25) is 0 Å². The SMILES string of the molecule is Fc1ccc(C(c2ccccc2)c2ccc(C(c3ccccc3)c3ccc(F)cc3)cc2)cc1. The van der Waals surface area contributed by atoms with Gasteiger partial charge in [0.25, 0.3) is 0 Å². The first-order valence-electron chi connectivity index (χ1n) is 11.4. The Morgan fingerprint density at radius 3 is 0.824 bits per heavy atom. The van der Waals surface area contributed by atoms with Gasteiger partial charge >= 0.3 is 0 Å². The third-order valence-corrected chi connectivity index (χ3v) is 6.28. The van der Waals surface area contributed by atoms with E-state index in [1.165, 1.54) is 24.3 Å². The zero-order valence-corrected chi connectivity index (χ0v) is 18.6. The van der Waals surface area contributed by atoms with Gasteiger partial charge in [-0.2, -0.15) is 0 Å². The lowest BCUT2D eigenvalue weighted by Crippen LogP contribution is -2.06. The maximum absolute atomic E-state index is 13.6. The van der Waals surface area contributed by atoms with E-state index in [4.69, 9.17) is 0 Å². The molecule has 0 saturated carbocycles. The van der Waals surface area contributed by atoms with Gasteiger partial charge in [-0.3, -0.25) is 0 Å². The molecule has 166 valence electrons. The van der Waals surface area contributed by atoms with Crippen molar-refractivity contribution >= 4 is 0 Å². The lowest BCUT2D eigenvalue weighted by atomic mass is 9.82. The minimum Gasteiger partial charge on any atom is -0.207 e. The molecule has 0 heterocycles. The van der Waals surface area contributed by atoms with E-state index in [0.717, 1.165) is 33.4 Å². The van der Waals surface area contributed by atoms with Crippen LogP contribution < -0.4 is 0 Å². The van der Waals surface area contributed by atoms with Gasteiger partial charge in [0.05, 0.1) is 0 Å². The van der Waals surface area contributed by atoms with E-state index in [1.54, 1.807) is 0 Å². The molecule has 0 aromatic heterocycles. The summed E-state index contributed by atoms with van der Waals surface area (Å²) in [7, 11) is 0. The first-order valence-corrected chi connectivity index (χ1v) is 11.4. The monoisotopic (exact) mass is 446 g/mol. The molecular weight excluding hydrogens is 422 g/mol. The molecule has 0 amide bonds. The molecule has 2 heteroatoms. The average Bonchev–Trinajstić information content (AvgIpc) is 2.89. The summed E-state index contributed by atoms with van der Waals surface area (Å²) in [5.74, 6) is -0.486. The Kier molecular flexibility index (Phi) is 6.31. The Labute approximate surface area is 199 Å². The van der Waals surface area contributed by atoms with Crippen molar-refractivity contribution in [1.29, 1.82) is 0 Å². The molecule has 0 nitrogen and oxygen atoms in total. The van der Waals surface area contributed by atoms with Crippen LogP contribution in [0.1, 0.15) is 45.2 Å². The standard InChI is InChI=1S/C32H24F2/c33-29-19-15-27(16-20-29)31(23-7-3-1-4-8-23)25-11-13-26(14-12-25)32(24-9-5-2-6-10-24)28-17-21-30(34)22-18-28/h1-22,31-32H. The summed E-state index contributed by atoms with van der Waals surface area (Å²) < 4.78 is 27.2. The molecule has 0 fully saturated rings. The third-order valence-electron chi connectivity index (χ3n) is 6.28. The highest BCUT2D eigenvalue weighted by molar-refractivity contribution is 5.47. The number of hydrogen-bond donors (Lipinski definition) is 0. The summed E-state index contributed by atoms with van der Waals surface area (Å²) in [4.78, 5) is 0. The highest BCUT2D eigenvalue weighted by Crippen LogP contribution is 2.36. The van der Waals surface area contributed by atoms with Gasteiger partial charge in [-0.1, -0.05) is 109 Å². The van der Waals surface area contributed by atoms with E-state index in [1.807, 2.05) is 60.7 Å². The van der Waals surface area contributed by atoms with Crippen molar-refractivity contribution < 1.29 is 8.78 Å². The van der Waals surface area contributed by atoms with Crippen LogP contribution in [0.3, 0.4) is 0 Å². The summed E-state index contributed by atoms with van der Waals surface area (Å²) >= 11 is 0. The van der Waals surface area contributed by atoms with Crippen molar-refractivity contribution in [3.8, 4) is 0 Å². The van der Waals surface area contributed by atoms with Crippen LogP contribution >= 0.6 is 0 Å². The van der Waals surface area contributed by atoms with Crippen LogP contribution in [0.5, 0.6) is 0 Å². The van der Waals surface area contributed by atoms with Gasteiger partial charge in [-0.25, -0.2) is 8.78 Å². The van der Waals surface area contributed by atoms with E-state index >= 15 is 0 Å². The van der Waals surface area contributed by atoms with Crippen LogP contribution in [0.25, 0.3) is 0 Å². The summed E-state index contributed by atoms with van der Waals surface area (Å²) in [6, 6.07) is 42.6. The highest BCUT2D eigenvalue weighted by Gasteiger charge is 2.20. The lowest BCUT2D eigenvalue weighted by molar-refractivity contribution is 0.626. The predicted octanol–water partition coefficient (Wildman–Crippen LogP) is 8.33. The van der Waals surface area contributed by atoms with Gasteiger partial charge in [-0.05, 0) is 57.6 Å². The van der Waals surface area contributed by atoms with Crippen LogP contribution in [0.15, 0.2) is 133 Å². The molecule has 0 saturated heterocycles. The first-order chi connectivity index (χ1) is 16.7. The molecule has 2 unspecified atom stereocenters. The van der Waals surface area contributed by atoms with Gasteiger partial charge in [0.15, 0.2) is 0 Å². The Hall–Kier alpha value is -4.04. The number of halogens is 2. The van der Waals surface area contributed by atoms with Crippen molar-refractivity contribution in [3.05, 3.63) is 178 Å². The molecule has 0 aliphatic rings. The second kappa shape index (κ2) is 9.84. The van der Waals surface area contributed by atoms with E-state index < -0.39 is 0 Å². The summed E-state index contributed by atoms with van der Waals surface area (Å²) in [5, 5.41) is 0. The molecule has 0 aliphatic carbocycles. The second-order valence-corrected chi connectivity index (χ2v) is 8.46. The van der Waals surface area contributed by atoms with Gasteiger partial charge in [0, 0.05) is 11.8 Å². The number of benzene rings is 5. The Morgan fingerprint density at radius 2 is 0.529 bits per heavy atom. The maximum Gasteiger partial charge on any atom is 0.123 e. The van der Waals surface area contributed by atoms with E-state index in [-0.39, 0.29) is 23.5 Å². The minimum absolute atomic E-state index is 0.00292. The minimum atomic E-state index is -0.240. The Morgan fingerprint density at radius 1 is 0.294 bits per heavy atom. The predicted molar refractivity (Wildman–Crippen MR) is 134 cm³/mol. The summed E-state index contributed by atoms with van der Waals surface area (Å²) in [6.07, 6.45) is 0. The van der Waals surface area contributed by atoms with Crippen molar-refractivity contribution in [1.82, 2.24) is 0 Å². The Bertz CT molecular complexity index is 1220. The molecule has 0 aliphatic heterocycles. The molecule has 2 atom stereocenters. The van der Waals surface area contributed by atoms with Gasteiger partial charge in [0.1, 0.15) is 11.6 Å². The van der Waals surface area contributed by atoms with Crippen molar-refractivity contribution in [2.45, 2.75) is 11.8 Å². The number of hydrogen-bond acceptors (Lipinski definition) is 0. The zero-order valence-electron chi connectivity index (χ0n) is 18.6. The zero-order chi connectivity index (χ0) is 23.3. The molecule has 0 spiro atoms. The topological polar surface area (TPSA) is 0 Å². The van der Waals surface area contributed by atoms with Crippen LogP contribution in [-0.2, 0) is 0 Å². The normalized spacial score (nSPS) is 12.8. The third kappa shape index (κ3) is 4.67. The molecule has 5 rings (SSSR count). The molecule has 5 aromatic rings.